The van der Waals surface area contributed by atoms with Crippen LogP contribution in [0.4, 0.5) is 5.69 Å². The molecule has 0 atom stereocenters. The highest BCUT2D eigenvalue weighted by Gasteiger charge is 2.24. The molecule has 33 heavy (non-hydrogen) atoms. The summed E-state index contributed by atoms with van der Waals surface area (Å²) in [5.41, 5.74) is 1.76. The van der Waals surface area contributed by atoms with Crippen LogP contribution in [-0.4, -0.2) is 35.0 Å². The number of nitrogens with zero attached hydrogens (tertiary/aromatic N) is 3. The Balaban J connectivity index is 1.66. The zero-order valence-corrected chi connectivity index (χ0v) is 21.7. The van der Waals surface area contributed by atoms with Gasteiger partial charge in [0.25, 0.3) is 15.9 Å². The molecule has 0 saturated heterocycles. The molecule has 3 aromatic carbocycles. The second kappa shape index (κ2) is 9.55. The van der Waals surface area contributed by atoms with Crippen molar-refractivity contribution in [3.05, 3.63) is 80.2 Å². The predicted octanol–water partition coefficient (Wildman–Crippen LogP) is 5.83. The fourth-order valence-electron chi connectivity index (χ4n) is 3.17. The number of halogens is 3. The lowest BCUT2D eigenvalue weighted by atomic mass is 10.1. The summed E-state index contributed by atoms with van der Waals surface area (Å²) < 4.78 is 37.7. The predicted molar refractivity (Wildman–Crippen MR) is 135 cm³/mol. The number of sulfonamides is 1. The lowest BCUT2D eigenvalue weighted by Crippen LogP contribution is -2.28. The lowest BCUT2D eigenvalue weighted by molar-refractivity contribution is 0.0786. The number of hydrogen-bond donors (Lipinski definition) is 1. The fraction of sp³-hybridized carbons (Fsp3) is 0.0952. The zero-order chi connectivity index (χ0) is 23.8. The summed E-state index contributed by atoms with van der Waals surface area (Å²) in [7, 11) is -2.45. The van der Waals surface area contributed by atoms with Crippen molar-refractivity contribution in [2.45, 2.75) is 11.4 Å². The Morgan fingerprint density at radius 1 is 1.12 bits per heavy atom. The van der Waals surface area contributed by atoms with Crippen molar-refractivity contribution in [1.29, 1.82) is 0 Å². The van der Waals surface area contributed by atoms with E-state index in [4.69, 9.17) is 23.2 Å². The maximum absolute atomic E-state index is 13.2. The smallest absolute Gasteiger partial charge is 0.264 e. The molecule has 1 amide bonds. The average molecular weight is 586 g/mol. The summed E-state index contributed by atoms with van der Waals surface area (Å²) in [6, 6.07) is 14.5. The summed E-state index contributed by atoms with van der Waals surface area (Å²) in [5, 5.41) is 0.927. The molecule has 0 fully saturated rings. The van der Waals surface area contributed by atoms with Gasteiger partial charge >= 0.3 is 0 Å². The van der Waals surface area contributed by atoms with Gasteiger partial charge in [-0.05, 0) is 48.0 Å². The van der Waals surface area contributed by atoms with E-state index in [1.165, 1.54) is 17.0 Å². The number of amides is 1. The quantitative estimate of drug-likeness (QED) is 0.307. The molecule has 0 aliphatic heterocycles. The molecule has 0 saturated carbocycles. The van der Waals surface area contributed by atoms with Crippen LogP contribution in [0.25, 0.3) is 11.0 Å². The van der Waals surface area contributed by atoms with E-state index in [-0.39, 0.29) is 34.1 Å². The van der Waals surface area contributed by atoms with E-state index in [1.807, 2.05) is 0 Å². The minimum Gasteiger partial charge on any atom is -0.337 e. The van der Waals surface area contributed by atoms with Crippen molar-refractivity contribution in [2.24, 2.45) is 0 Å². The van der Waals surface area contributed by atoms with Crippen LogP contribution in [0.5, 0.6) is 0 Å². The SMILES string of the molecule is CN(Cc1ccc(Cl)cc1Cl)C(=O)c1ccc(Br)cc1NS(=O)(=O)c1cccc2nsnc12. The van der Waals surface area contributed by atoms with Gasteiger partial charge < -0.3 is 4.90 Å². The molecule has 4 aromatic rings. The molecule has 0 aliphatic carbocycles. The Hall–Kier alpha value is -2.24. The Bertz CT molecular complexity index is 1480. The highest BCUT2D eigenvalue weighted by atomic mass is 79.9. The summed E-state index contributed by atoms with van der Waals surface area (Å²) in [6.07, 6.45) is 0. The first-order valence-electron chi connectivity index (χ1n) is 9.39. The van der Waals surface area contributed by atoms with E-state index < -0.39 is 10.0 Å². The first-order chi connectivity index (χ1) is 15.7. The first-order valence-corrected chi connectivity index (χ1v) is 13.1. The lowest BCUT2D eigenvalue weighted by Gasteiger charge is -2.20. The van der Waals surface area contributed by atoms with Gasteiger partial charge in [-0.25, -0.2) is 8.42 Å². The first kappa shape index (κ1) is 23.9. The zero-order valence-electron chi connectivity index (χ0n) is 16.9. The van der Waals surface area contributed by atoms with Crippen LogP contribution >= 0.6 is 50.9 Å². The van der Waals surface area contributed by atoms with Crippen molar-refractivity contribution in [3.8, 4) is 0 Å². The van der Waals surface area contributed by atoms with Crippen LogP contribution in [0.2, 0.25) is 10.0 Å². The van der Waals surface area contributed by atoms with Gasteiger partial charge in [0.15, 0.2) is 0 Å². The van der Waals surface area contributed by atoms with Gasteiger partial charge in [-0.15, -0.1) is 0 Å². The van der Waals surface area contributed by atoms with E-state index in [0.29, 0.717) is 25.6 Å². The van der Waals surface area contributed by atoms with Gasteiger partial charge in [-0.3, -0.25) is 9.52 Å². The molecule has 0 aliphatic rings. The van der Waals surface area contributed by atoms with Gasteiger partial charge in [0.1, 0.15) is 15.9 Å². The fourth-order valence-corrected chi connectivity index (χ4v) is 5.84. The third-order valence-corrected chi connectivity index (χ3v) is 7.78. The number of carbonyl (C=O) groups excluding carboxylic acids is 1. The van der Waals surface area contributed by atoms with E-state index in [1.54, 1.807) is 49.5 Å². The Kier molecular flexibility index (Phi) is 6.92. The number of fused-ring (bicyclic) bond motifs is 1. The van der Waals surface area contributed by atoms with Crippen molar-refractivity contribution >= 4 is 83.5 Å². The molecule has 7 nitrogen and oxygen atoms in total. The van der Waals surface area contributed by atoms with E-state index in [0.717, 1.165) is 11.7 Å². The Morgan fingerprint density at radius 3 is 2.67 bits per heavy atom. The second-order valence-electron chi connectivity index (χ2n) is 7.08. The molecular weight excluding hydrogens is 571 g/mol. The summed E-state index contributed by atoms with van der Waals surface area (Å²) in [4.78, 5) is 14.7. The highest BCUT2D eigenvalue weighted by molar-refractivity contribution is 9.10. The van der Waals surface area contributed by atoms with Crippen LogP contribution in [0.15, 0.2) is 64.0 Å². The number of rotatable bonds is 6. The van der Waals surface area contributed by atoms with Crippen molar-refractivity contribution in [1.82, 2.24) is 13.6 Å². The minimum atomic E-state index is -4.05. The maximum atomic E-state index is 13.2. The van der Waals surface area contributed by atoms with Crippen LogP contribution < -0.4 is 4.72 Å². The summed E-state index contributed by atoms with van der Waals surface area (Å²) in [6.45, 7) is 0.209. The van der Waals surface area contributed by atoms with Crippen LogP contribution in [0, 0.1) is 0 Å². The van der Waals surface area contributed by atoms with Crippen LogP contribution in [0.3, 0.4) is 0 Å². The number of anilines is 1. The number of carbonyl (C=O) groups is 1. The molecule has 0 spiro atoms. The number of benzene rings is 3. The number of nitrogens with one attached hydrogen (secondary N) is 1. The summed E-state index contributed by atoms with van der Waals surface area (Å²) >= 11 is 16.5. The largest absolute Gasteiger partial charge is 0.337 e. The van der Waals surface area contributed by atoms with Gasteiger partial charge in [0, 0.05) is 28.1 Å². The monoisotopic (exact) mass is 584 g/mol. The van der Waals surface area contributed by atoms with E-state index in [9.17, 15) is 13.2 Å². The average Bonchev–Trinajstić information content (AvgIpc) is 3.24. The van der Waals surface area contributed by atoms with Crippen molar-refractivity contribution in [3.63, 3.8) is 0 Å². The molecule has 0 radical (unpaired) electrons. The number of hydrogen-bond acceptors (Lipinski definition) is 6. The third-order valence-electron chi connectivity index (χ3n) is 4.76. The van der Waals surface area contributed by atoms with Crippen LogP contribution in [-0.2, 0) is 16.6 Å². The molecule has 1 N–H and O–H groups in total. The van der Waals surface area contributed by atoms with Crippen LogP contribution in [0.1, 0.15) is 15.9 Å². The third kappa shape index (κ3) is 5.15. The molecular formula is C21H15BrCl2N4O3S2. The normalized spacial score (nSPS) is 11.5. The van der Waals surface area contributed by atoms with E-state index in [2.05, 4.69) is 29.4 Å². The standard InChI is InChI=1S/C21H15BrCl2N4O3S2/c1-28(11-12-5-7-14(23)10-16(12)24)21(29)15-8-6-13(22)9-18(15)27-33(30,31)19-4-2-3-17-20(19)26-32-25-17/h2-10,27H,11H2,1H3. The molecule has 0 unspecified atom stereocenters. The molecule has 4 rings (SSSR count). The van der Waals surface area contributed by atoms with Gasteiger partial charge in [0.05, 0.1) is 23.0 Å². The topological polar surface area (TPSA) is 92.3 Å². The molecule has 12 heteroatoms. The Labute approximate surface area is 212 Å². The van der Waals surface area contributed by atoms with Gasteiger partial charge in [-0.2, -0.15) is 8.75 Å². The van der Waals surface area contributed by atoms with Crippen molar-refractivity contribution < 1.29 is 13.2 Å². The molecule has 170 valence electrons. The molecule has 1 heterocycles. The summed E-state index contributed by atoms with van der Waals surface area (Å²) in [5.74, 6) is -0.389. The molecule has 0 bridgehead atoms. The highest BCUT2D eigenvalue weighted by Crippen LogP contribution is 2.29. The van der Waals surface area contributed by atoms with Gasteiger partial charge in [0.2, 0.25) is 0 Å². The van der Waals surface area contributed by atoms with E-state index >= 15 is 0 Å². The van der Waals surface area contributed by atoms with Gasteiger partial charge in [-0.1, -0.05) is 51.3 Å². The Morgan fingerprint density at radius 2 is 1.91 bits per heavy atom. The van der Waals surface area contributed by atoms with Crippen molar-refractivity contribution in [2.75, 3.05) is 11.8 Å². The maximum Gasteiger partial charge on any atom is 0.264 e. The second-order valence-corrected chi connectivity index (χ2v) is 11.0. The number of aromatic nitrogens is 2. The minimum absolute atomic E-state index is 0.0200. The molecule has 1 aromatic heterocycles.